The van der Waals surface area contributed by atoms with Crippen LogP contribution in [0.1, 0.15) is 49.8 Å². The number of nitrogens with one attached hydrogen (secondary N) is 1. The number of piperidine rings is 1. The molecule has 160 valence electrons. The van der Waals surface area contributed by atoms with Crippen molar-refractivity contribution in [3.8, 4) is 5.75 Å². The highest BCUT2D eigenvalue weighted by Crippen LogP contribution is 2.40. The van der Waals surface area contributed by atoms with Crippen LogP contribution in [-0.4, -0.2) is 30.4 Å². The molecular weight excluding hydrogens is 400 g/mol. The van der Waals surface area contributed by atoms with Gasteiger partial charge in [-0.15, -0.1) is 0 Å². The number of ether oxygens (including phenoxy) is 1. The lowest BCUT2D eigenvalue weighted by atomic mass is 9.83. The van der Waals surface area contributed by atoms with E-state index in [0.29, 0.717) is 36.7 Å². The summed E-state index contributed by atoms with van der Waals surface area (Å²) < 4.78 is 5.57. The van der Waals surface area contributed by atoms with Gasteiger partial charge in [-0.05, 0) is 30.5 Å². The van der Waals surface area contributed by atoms with Crippen LogP contribution >= 0.6 is 11.6 Å². The predicted molar refractivity (Wildman–Crippen MR) is 118 cm³/mol. The lowest BCUT2D eigenvalue weighted by molar-refractivity contribution is -0.143. The number of unbranched alkanes of at least 4 members (excludes halogenated alkanes) is 1. The van der Waals surface area contributed by atoms with Crippen molar-refractivity contribution in [2.24, 2.45) is 5.92 Å². The first-order valence-corrected chi connectivity index (χ1v) is 10.9. The van der Waals surface area contributed by atoms with E-state index >= 15 is 0 Å². The summed E-state index contributed by atoms with van der Waals surface area (Å²) in [5, 5.41) is 3.66. The largest absolute Gasteiger partial charge is 0.496 e. The van der Waals surface area contributed by atoms with Gasteiger partial charge in [-0.3, -0.25) is 9.59 Å². The number of benzene rings is 2. The zero-order chi connectivity index (χ0) is 21.5. The molecule has 0 radical (unpaired) electrons. The van der Waals surface area contributed by atoms with Crippen molar-refractivity contribution in [3.63, 3.8) is 0 Å². The highest BCUT2D eigenvalue weighted by atomic mass is 35.5. The van der Waals surface area contributed by atoms with Gasteiger partial charge in [-0.1, -0.05) is 61.3 Å². The van der Waals surface area contributed by atoms with Gasteiger partial charge in [0.2, 0.25) is 11.8 Å². The van der Waals surface area contributed by atoms with Gasteiger partial charge < -0.3 is 15.0 Å². The van der Waals surface area contributed by atoms with Crippen molar-refractivity contribution >= 4 is 23.4 Å². The molecule has 0 aliphatic carbocycles. The number of amides is 2. The summed E-state index contributed by atoms with van der Waals surface area (Å²) in [7, 11) is 1.62. The summed E-state index contributed by atoms with van der Waals surface area (Å²) in [5.74, 6) is 0.371. The van der Waals surface area contributed by atoms with E-state index in [4.69, 9.17) is 16.3 Å². The second kappa shape index (κ2) is 10.5. The highest BCUT2D eigenvalue weighted by Gasteiger charge is 2.41. The van der Waals surface area contributed by atoms with Crippen LogP contribution in [0.15, 0.2) is 48.5 Å². The van der Waals surface area contributed by atoms with Gasteiger partial charge >= 0.3 is 0 Å². The number of likely N-dealkylation sites (tertiary alicyclic amines) is 1. The Morgan fingerprint density at radius 2 is 1.93 bits per heavy atom. The normalized spacial score (nSPS) is 18.9. The zero-order valence-electron chi connectivity index (χ0n) is 17.6. The number of hydrogen-bond donors (Lipinski definition) is 1. The first kappa shape index (κ1) is 22.2. The van der Waals surface area contributed by atoms with Crippen LogP contribution in [0.25, 0.3) is 0 Å². The van der Waals surface area contributed by atoms with Crippen molar-refractivity contribution in [3.05, 3.63) is 64.7 Å². The Hall–Kier alpha value is -2.53. The standard InChI is InChI=1S/C24H29ClN2O3/c1-3-4-15-27-22(28)14-13-19(23(27)18-10-6-8-12-21(18)30-2)24(29)26-16-17-9-5-7-11-20(17)25/h5-12,19,23H,3-4,13-16H2,1-2H3,(H,26,29)/t19-,23-/m1/s1. The fourth-order valence-corrected chi connectivity index (χ4v) is 4.27. The third-order valence-electron chi connectivity index (χ3n) is 5.66. The Kier molecular flexibility index (Phi) is 7.75. The van der Waals surface area contributed by atoms with Crippen LogP contribution in [0, 0.1) is 5.92 Å². The van der Waals surface area contributed by atoms with Crippen LogP contribution in [-0.2, 0) is 16.1 Å². The van der Waals surface area contributed by atoms with E-state index < -0.39 is 0 Å². The summed E-state index contributed by atoms with van der Waals surface area (Å²) in [6.07, 6.45) is 2.76. The molecule has 3 rings (SSSR count). The average Bonchev–Trinajstić information content (AvgIpc) is 2.77. The maximum absolute atomic E-state index is 13.3. The van der Waals surface area contributed by atoms with E-state index in [1.807, 2.05) is 53.4 Å². The molecule has 0 spiro atoms. The summed E-state index contributed by atoms with van der Waals surface area (Å²) >= 11 is 6.24. The topological polar surface area (TPSA) is 58.6 Å². The molecule has 0 saturated carbocycles. The van der Waals surface area contributed by atoms with Crippen LogP contribution in [0.2, 0.25) is 5.02 Å². The maximum atomic E-state index is 13.3. The Labute approximate surface area is 183 Å². The van der Waals surface area contributed by atoms with Crippen LogP contribution in [0.5, 0.6) is 5.75 Å². The number of rotatable bonds is 8. The first-order chi connectivity index (χ1) is 14.6. The number of halogens is 1. The van der Waals surface area contributed by atoms with Crippen molar-refractivity contribution in [2.75, 3.05) is 13.7 Å². The number of nitrogens with zero attached hydrogens (tertiary/aromatic N) is 1. The average molecular weight is 429 g/mol. The molecule has 1 saturated heterocycles. The van der Waals surface area contributed by atoms with Crippen LogP contribution in [0.3, 0.4) is 0 Å². The van der Waals surface area contributed by atoms with Gasteiger partial charge in [0.1, 0.15) is 5.75 Å². The summed E-state index contributed by atoms with van der Waals surface area (Å²) in [4.78, 5) is 27.9. The molecule has 2 aromatic rings. The Bertz CT molecular complexity index is 886. The molecular formula is C24H29ClN2O3. The summed E-state index contributed by atoms with van der Waals surface area (Å²) in [5.41, 5.74) is 1.75. The van der Waals surface area contributed by atoms with Gasteiger partial charge in [-0.2, -0.15) is 0 Å². The minimum absolute atomic E-state index is 0.0696. The second-order valence-corrected chi connectivity index (χ2v) is 7.99. The van der Waals surface area contributed by atoms with Gasteiger partial charge in [0, 0.05) is 30.1 Å². The quantitative estimate of drug-likeness (QED) is 0.660. The van der Waals surface area contributed by atoms with Crippen molar-refractivity contribution in [1.29, 1.82) is 0 Å². The van der Waals surface area contributed by atoms with Gasteiger partial charge in [0.05, 0.1) is 19.1 Å². The number of carbonyl (C=O) groups excluding carboxylic acids is 2. The molecule has 30 heavy (non-hydrogen) atoms. The SMILES string of the molecule is CCCCN1C(=O)CC[C@@H](C(=O)NCc2ccccc2Cl)[C@H]1c1ccccc1OC. The number of para-hydroxylation sites is 1. The number of carbonyl (C=O) groups is 2. The third-order valence-corrected chi connectivity index (χ3v) is 6.03. The van der Waals surface area contributed by atoms with Crippen molar-refractivity contribution in [1.82, 2.24) is 10.2 Å². The molecule has 2 amide bonds. The fraction of sp³-hybridized carbons (Fsp3) is 0.417. The smallest absolute Gasteiger partial charge is 0.225 e. The molecule has 1 aliphatic heterocycles. The summed E-state index contributed by atoms with van der Waals surface area (Å²) in [6.45, 7) is 3.09. The Morgan fingerprint density at radius 3 is 2.67 bits per heavy atom. The predicted octanol–water partition coefficient (Wildman–Crippen LogP) is 4.74. The van der Waals surface area contributed by atoms with Gasteiger partial charge in [0.15, 0.2) is 0 Å². The molecule has 1 aliphatic rings. The van der Waals surface area contributed by atoms with E-state index in [2.05, 4.69) is 12.2 Å². The second-order valence-electron chi connectivity index (χ2n) is 7.58. The fourth-order valence-electron chi connectivity index (χ4n) is 4.07. The monoisotopic (exact) mass is 428 g/mol. The minimum Gasteiger partial charge on any atom is -0.496 e. The van der Waals surface area contributed by atoms with E-state index in [-0.39, 0.29) is 23.8 Å². The van der Waals surface area contributed by atoms with Crippen LogP contribution < -0.4 is 10.1 Å². The Morgan fingerprint density at radius 1 is 1.20 bits per heavy atom. The maximum Gasteiger partial charge on any atom is 0.225 e. The van der Waals surface area contributed by atoms with Gasteiger partial charge in [0.25, 0.3) is 0 Å². The Balaban J connectivity index is 1.88. The van der Waals surface area contributed by atoms with Gasteiger partial charge in [-0.25, -0.2) is 0 Å². The highest BCUT2D eigenvalue weighted by molar-refractivity contribution is 6.31. The minimum atomic E-state index is -0.349. The lowest BCUT2D eigenvalue weighted by Gasteiger charge is -2.41. The molecule has 5 nitrogen and oxygen atoms in total. The van der Waals surface area contributed by atoms with E-state index in [1.54, 1.807) is 7.11 Å². The number of hydrogen-bond acceptors (Lipinski definition) is 3. The van der Waals surface area contributed by atoms with Crippen LogP contribution in [0.4, 0.5) is 0 Å². The molecule has 2 atom stereocenters. The summed E-state index contributed by atoms with van der Waals surface area (Å²) in [6, 6.07) is 14.8. The van der Waals surface area contributed by atoms with E-state index in [1.165, 1.54) is 0 Å². The molecule has 2 aromatic carbocycles. The molecule has 0 bridgehead atoms. The zero-order valence-corrected chi connectivity index (χ0v) is 18.3. The molecule has 6 heteroatoms. The molecule has 0 unspecified atom stereocenters. The van der Waals surface area contributed by atoms with E-state index in [0.717, 1.165) is 24.0 Å². The molecule has 1 N–H and O–H groups in total. The molecule has 0 aromatic heterocycles. The van der Waals surface area contributed by atoms with Crippen molar-refractivity contribution in [2.45, 2.75) is 45.2 Å². The first-order valence-electron chi connectivity index (χ1n) is 10.5. The van der Waals surface area contributed by atoms with E-state index in [9.17, 15) is 9.59 Å². The third kappa shape index (κ3) is 4.96. The molecule has 1 fully saturated rings. The lowest BCUT2D eigenvalue weighted by Crippen LogP contribution is -2.48. The number of methoxy groups -OCH3 is 1. The van der Waals surface area contributed by atoms with Crippen molar-refractivity contribution < 1.29 is 14.3 Å². The molecule has 1 heterocycles.